The minimum absolute atomic E-state index is 0.911. The van der Waals surface area contributed by atoms with Crippen molar-refractivity contribution in [1.29, 1.82) is 0 Å². The van der Waals surface area contributed by atoms with E-state index in [0.29, 0.717) is 0 Å². The zero-order valence-electron chi connectivity index (χ0n) is 10.1. The smallest absolute Gasteiger partial charge is 0.0601 e. The number of rotatable bonds is 6. The lowest BCUT2D eigenvalue weighted by atomic mass is 10.4. The van der Waals surface area contributed by atoms with Crippen LogP contribution in [0.2, 0.25) is 0 Å². The van der Waals surface area contributed by atoms with Crippen molar-refractivity contribution >= 4 is 0 Å². The van der Waals surface area contributed by atoms with Gasteiger partial charge in [-0.3, -0.25) is 9.80 Å². The van der Waals surface area contributed by atoms with Crippen LogP contribution in [0.3, 0.4) is 0 Å². The van der Waals surface area contributed by atoms with Gasteiger partial charge in [0.25, 0.3) is 0 Å². The fraction of sp³-hybridized carbons (Fsp3) is 0.833. The number of nitrogens with zero attached hydrogens (tertiary/aromatic N) is 2. The van der Waals surface area contributed by atoms with Crippen molar-refractivity contribution in [1.82, 2.24) is 9.80 Å². The Hall–Kier alpha value is -0.520. The second kappa shape index (κ2) is 9.05. The van der Waals surface area contributed by atoms with Gasteiger partial charge in [-0.2, -0.15) is 0 Å². The van der Waals surface area contributed by atoms with E-state index in [4.69, 9.17) is 0 Å². The topological polar surface area (TPSA) is 6.48 Å². The Labute approximate surface area is 89.3 Å². The molecule has 0 atom stereocenters. The van der Waals surface area contributed by atoms with Gasteiger partial charge in [0.1, 0.15) is 0 Å². The van der Waals surface area contributed by atoms with Crippen LogP contribution in [0.25, 0.3) is 0 Å². The van der Waals surface area contributed by atoms with Crippen LogP contribution in [0.5, 0.6) is 0 Å². The molecule has 0 spiro atoms. The van der Waals surface area contributed by atoms with Crippen molar-refractivity contribution in [3.63, 3.8) is 0 Å². The Kier molecular flexibility index (Phi) is 8.72. The monoisotopic (exact) mass is 196 g/mol. The Morgan fingerprint density at radius 2 is 0.929 bits per heavy atom. The first-order chi connectivity index (χ1) is 6.78. The molecule has 0 heterocycles. The Balaban J connectivity index is 3.70. The standard InChI is InChI=1S/C12H24N2/c1-5-13(6-2)11-9-10-12-14(7-3)8-4/h5-8,11-12H2,1-4H3. The summed E-state index contributed by atoms with van der Waals surface area (Å²) >= 11 is 0. The molecule has 0 radical (unpaired) electrons. The predicted molar refractivity (Wildman–Crippen MR) is 63.4 cm³/mol. The fourth-order valence-electron chi connectivity index (χ4n) is 1.23. The van der Waals surface area contributed by atoms with E-state index >= 15 is 0 Å². The maximum Gasteiger partial charge on any atom is 0.0601 e. The van der Waals surface area contributed by atoms with Gasteiger partial charge in [-0.05, 0) is 26.2 Å². The molecule has 0 bridgehead atoms. The summed E-state index contributed by atoms with van der Waals surface area (Å²) in [6, 6.07) is 0. The van der Waals surface area contributed by atoms with Gasteiger partial charge in [0, 0.05) is 0 Å². The first-order valence-electron chi connectivity index (χ1n) is 5.68. The molecule has 0 aliphatic carbocycles. The van der Waals surface area contributed by atoms with Crippen LogP contribution in [-0.4, -0.2) is 49.1 Å². The van der Waals surface area contributed by atoms with Gasteiger partial charge in [-0.25, -0.2) is 0 Å². The first-order valence-corrected chi connectivity index (χ1v) is 5.68. The lowest BCUT2D eigenvalue weighted by molar-refractivity contribution is 0.337. The molecule has 0 aromatic carbocycles. The Morgan fingerprint density at radius 1 is 0.643 bits per heavy atom. The summed E-state index contributed by atoms with van der Waals surface area (Å²) in [6.45, 7) is 14.9. The summed E-state index contributed by atoms with van der Waals surface area (Å²) < 4.78 is 0. The average Bonchev–Trinajstić information content (AvgIpc) is 2.24. The molecule has 0 aromatic heterocycles. The van der Waals surface area contributed by atoms with Gasteiger partial charge in [0.2, 0.25) is 0 Å². The van der Waals surface area contributed by atoms with Gasteiger partial charge in [-0.1, -0.05) is 39.5 Å². The van der Waals surface area contributed by atoms with Crippen molar-refractivity contribution in [2.24, 2.45) is 0 Å². The third-order valence-corrected chi connectivity index (χ3v) is 2.52. The summed E-state index contributed by atoms with van der Waals surface area (Å²) in [4.78, 5) is 4.66. The maximum absolute atomic E-state index is 3.22. The van der Waals surface area contributed by atoms with Crippen molar-refractivity contribution in [2.75, 3.05) is 39.3 Å². The van der Waals surface area contributed by atoms with E-state index in [9.17, 15) is 0 Å². The third-order valence-electron chi connectivity index (χ3n) is 2.52. The van der Waals surface area contributed by atoms with Gasteiger partial charge in [0.15, 0.2) is 0 Å². The van der Waals surface area contributed by atoms with E-state index in [1.807, 2.05) is 0 Å². The quantitative estimate of drug-likeness (QED) is 0.596. The van der Waals surface area contributed by atoms with E-state index in [1.165, 1.54) is 0 Å². The lowest BCUT2D eigenvalue weighted by Crippen LogP contribution is -2.24. The highest BCUT2D eigenvalue weighted by molar-refractivity contribution is 5.03. The maximum atomic E-state index is 3.22. The molecule has 0 unspecified atom stereocenters. The summed E-state index contributed by atoms with van der Waals surface area (Å²) in [7, 11) is 0. The van der Waals surface area contributed by atoms with Crippen LogP contribution in [0.1, 0.15) is 27.7 Å². The van der Waals surface area contributed by atoms with Gasteiger partial charge in [0.05, 0.1) is 13.1 Å². The SMILES string of the molecule is CCN(CC)CC#CCN(CC)CC. The fourth-order valence-corrected chi connectivity index (χ4v) is 1.23. The summed E-state index contributed by atoms with van der Waals surface area (Å²) in [5, 5.41) is 0. The van der Waals surface area contributed by atoms with E-state index in [2.05, 4.69) is 49.3 Å². The Bertz CT molecular complexity index is 152. The molecule has 2 heteroatoms. The van der Waals surface area contributed by atoms with Crippen LogP contribution in [0.15, 0.2) is 0 Å². The molecular formula is C12H24N2. The van der Waals surface area contributed by atoms with Gasteiger partial charge >= 0.3 is 0 Å². The van der Waals surface area contributed by atoms with Crippen molar-refractivity contribution in [3.05, 3.63) is 0 Å². The van der Waals surface area contributed by atoms with Gasteiger partial charge in [-0.15, -0.1) is 0 Å². The lowest BCUT2D eigenvalue weighted by Gasteiger charge is -2.15. The first kappa shape index (κ1) is 13.5. The second-order valence-corrected chi connectivity index (χ2v) is 3.28. The summed E-state index contributed by atoms with van der Waals surface area (Å²) in [6.07, 6.45) is 0. The van der Waals surface area contributed by atoms with Crippen molar-refractivity contribution < 1.29 is 0 Å². The molecule has 0 amide bonds. The largest absolute Gasteiger partial charge is 0.293 e. The van der Waals surface area contributed by atoms with Crippen LogP contribution < -0.4 is 0 Å². The molecule has 0 aromatic rings. The molecule has 0 N–H and O–H groups in total. The van der Waals surface area contributed by atoms with E-state index in [-0.39, 0.29) is 0 Å². The molecule has 0 rings (SSSR count). The van der Waals surface area contributed by atoms with E-state index in [1.54, 1.807) is 0 Å². The summed E-state index contributed by atoms with van der Waals surface area (Å²) in [5.41, 5.74) is 0. The average molecular weight is 196 g/mol. The van der Waals surface area contributed by atoms with Crippen LogP contribution in [0.4, 0.5) is 0 Å². The van der Waals surface area contributed by atoms with Crippen LogP contribution >= 0.6 is 0 Å². The predicted octanol–water partition coefficient (Wildman–Crippen LogP) is 1.67. The second-order valence-electron chi connectivity index (χ2n) is 3.28. The number of hydrogen-bond acceptors (Lipinski definition) is 2. The molecule has 2 nitrogen and oxygen atoms in total. The molecule has 82 valence electrons. The highest BCUT2D eigenvalue weighted by Gasteiger charge is 1.95. The van der Waals surface area contributed by atoms with Crippen LogP contribution in [0, 0.1) is 11.8 Å². The minimum atomic E-state index is 0.911. The summed E-state index contributed by atoms with van der Waals surface area (Å²) in [5.74, 6) is 6.44. The van der Waals surface area contributed by atoms with E-state index < -0.39 is 0 Å². The molecule has 0 aliphatic heterocycles. The minimum Gasteiger partial charge on any atom is -0.293 e. The zero-order chi connectivity index (χ0) is 10.8. The van der Waals surface area contributed by atoms with Crippen molar-refractivity contribution in [2.45, 2.75) is 27.7 Å². The highest BCUT2D eigenvalue weighted by Crippen LogP contribution is 1.85. The molecule has 0 fully saturated rings. The zero-order valence-corrected chi connectivity index (χ0v) is 10.1. The Morgan fingerprint density at radius 3 is 1.14 bits per heavy atom. The van der Waals surface area contributed by atoms with Gasteiger partial charge < -0.3 is 0 Å². The number of hydrogen-bond donors (Lipinski definition) is 0. The molecule has 14 heavy (non-hydrogen) atoms. The molecular weight excluding hydrogens is 172 g/mol. The van der Waals surface area contributed by atoms with E-state index in [0.717, 1.165) is 39.3 Å². The third kappa shape index (κ3) is 6.01. The molecule has 0 saturated heterocycles. The highest BCUT2D eigenvalue weighted by atomic mass is 15.1. The van der Waals surface area contributed by atoms with Crippen molar-refractivity contribution in [3.8, 4) is 11.8 Å². The molecule has 0 aliphatic rings. The van der Waals surface area contributed by atoms with Crippen LogP contribution in [-0.2, 0) is 0 Å². The molecule has 0 saturated carbocycles. The normalized spacial score (nSPS) is 10.4.